The zero-order valence-electron chi connectivity index (χ0n) is 12.3. The number of thiophene rings is 1. The summed E-state index contributed by atoms with van der Waals surface area (Å²) in [5.74, 6) is 1.02. The first kappa shape index (κ1) is 14.9. The smallest absolute Gasteiger partial charge is 0.122 e. The highest BCUT2D eigenvalue weighted by Crippen LogP contribution is 2.31. The van der Waals surface area contributed by atoms with Crippen LogP contribution in [0.2, 0.25) is 5.02 Å². The van der Waals surface area contributed by atoms with Crippen molar-refractivity contribution in [3.05, 3.63) is 50.7 Å². The Kier molecular flexibility index (Phi) is 4.84. The molecule has 2 nitrogen and oxygen atoms in total. The zero-order chi connectivity index (χ0) is 14.7. The van der Waals surface area contributed by atoms with Gasteiger partial charge in [0, 0.05) is 35.0 Å². The van der Waals surface area contributed by atoms with Crippen LogP contribution in [0, 0.1) is 0 Å². The Labute approximate surface area is 135 Å². The summed E-state index contributed by atoms with van der Waals surface area (Å²) in [4.78, 5) is 3.72. The van der Waals surface area contributed by atoms with Crippen LogP contribution in [-0.2, 0) is 19.3 Å². The molecule has 0 saturated carbocycles. The van der Waals surface area contributed by atoms with E-state index in [0.29, 0.717) is 0 Å². The Morgan fingerprint density at radius 2 is 2.00 bits per heavy atom. The fourth-order valence-electron chi connectivity index (χ4n) is 2.76. The summed E-state index contributed by atoms with van der Waals surface area (Å²) in [6.07, 6.45) is 2.99. The summed E-state index contributed by atoms with van der Waals surface area (Å²) in [6.45, 7) is 2.85. The van der Waals surface area contributed by atoms with Crippen molar-refractivity contribution in [1.82, 2.24) is 4.90 Å². The lowest BCUT2D eigenvalue weighted by Gasteiger charge is -2.14. The van der Waals surface area contributed by atoms with Gasteiger partial charge in [-0.15, -0.1) is 11.3 Å². The first-order valence-corrected chi connectivity index (χ1v) is 8.64. The Morgan fingerprint density at radius 3 is 2.76 bits per heavy atom. The van der Waals surface area contributed by atoms with Crippen LogP contribution in [0.15, 0.2) is 29.6 Å². The van der Waals surface area contributed by atoms with Gasteiger partial charge in [0.25, 0.3) is 0 Å². The number of rotatable bonds is 4. The van der Waals surface area contributed by atoms with E-state index in [4.69, 9.17) is 16.3 Å². The molecule has 0 fully saturated rings. The lowest BCUT2D eigenvalue weighted by atomic mass is 10.0. The van der Waals surface area contributed by atoms with Gasteiger partial charge < -0.3 is 9.64 Å². The van der Waals surface area contributed by atoms with Gasteiger partial charge in [0.15, 0.2) is 0 Å². The molecular formula is C17H20ClNOS. The Morgan fingerprint density at radius 1 is 1.19 bits per heavy atom. The largest absolute Gasteiger partial charge is 0.493 e. The second-order valence-electron chi connectivity index (χ2n) is 5.48. The van der Waals surface area contributed by atoms with E-state index >= 15 is 0 Å². The number of likely N-dealkylation sites (N-methyl/N-ethyl adjacent to an activating group) is 1. The van der Waals surface area contributed by atoms with E-state index in [2.05, 4.69) is 29.5 Å². The van der Waals surface area contributed by atoms with Gasteiger partial charge in [0.1, 0.15) is 5.75 Å². The molecule has 0 spiro atoms. The molecule has 0 unspecified atom stereocenters. The highest BCUT2D eigenvalue weighted by atomic mass is 35.5. The van der Waals surface area contributed by atoms with Gasteiger partial charge in [-0.25, -0.2) is 0 Å². The molecular weight excluding hydrogens is 302 g/mol. The van der Waals surface area contributed by atoms with E-state index in [1.165, 1.54) is 16.0 Å². The van der Waals surface area contributed by atoms with E-state index in [0.717, 1.165) is 49.7 Å². The average Bonchev–Trinajstić information content (AvgIpc) is 2.91. The maximum absolute atomic E-state index is 6.38. The molecule has 4 heteroatoms. The third-order valence-corrected chi connectivity index (χ3v) is 5.29. The molecule has 1 aromatic carbocycles. The van der Waals surface area contributed by atoms with Crippen molar-refractivity contribution in [1.29, 1.82) is 0 Å². The first-order chi connectivity index (χ1) is 10.2. The van der Waals surface area contributed by atoms with Gasteiger partial charge in [0.2, 0.25) is 0 Å². The number of benzene rings is 1. The average molecular weight is 322 g/mol. The topological polar surface area (TPSA) is 12.5 Å². The molecule has 0 amide bonds. The summed E-state index contributed by atoms with van der Waals surface area (Å²) in [5, 5.41) is 2.99. The van der Waals surface area contributed by atoms with Crippen molar-refractivity contribution in [3.63, 3.8) is 0 Å². The van der Waals surface area contributed by atoms with E-state index in [-0.39, 0.29) is 0 Å². The molecule has 0 saturated heterocycles. The summed E-state index contributed by atoms with van der Waals surface area (Å²) >= 11 is 8.16. The Hall–Kier alpha value is -1.03. The van der Waals surface area contributed by atoms with E-state index < -0.39 is 0 Å². The van der Waals surface area contributed by atoms with Crippen LogP contribution in [0.5, 0.6) is 5.75 Å². The molecule has 3 rings (SSSR count). The second-order valence-corrected chi connectivity index (χ2v) is 6.92. The SMILES string of the molecule is CN1CCc2c(Cl)ccc(OCCc3cccs3)c2CC1. The predicted molar refractivity (Wildman–Crippen MR) is 89.9 cm³/mol. The van der Waals surface area contributed by atoms with Gasteiger partial charge in [0.05, 0.1) is 6.61 Å². The molecule has 2 heterocycles. The number of nitrogens with zero attached hydrogens (tertiary/aromatic N) is 1. The zero-order valence-corrected chi connectivity index (χ0v) is 13.8. The van der Waals surface area contributed by atoms with Crippen LogP contribution < -0.4 is 4.74 Å². The van der Waals surface area contributed by atoms with Crippen molar-refractivity contribution >= 4 is 22.9 Å². The number of hydrogen-bond acceptors (Lipinski definition) is 3. The minimum atomic E-state index is 0.727. The lowest BCUT2D eigenvalue weighted by Crippen LogP contribution is -2.20. The quantitative estimate of drug-likeness (QED) is 0.842. The van der Waals surface area contributed by atoms with Crippen LogP contribution in [0.25, 0.3) is 0 Å². The molecule has 0 atom stereocenters. The fraction of sp³-hybridized carbons (Fsp3) is 0.412. The second kappa shape index (κ2) is 6.82. The van der Waals surface area contributed by atoms with Gasteiger partial charge >= 0.3 is 0 Å². The molecule has 21 heavy (non-hydrogen) atoms. The van der Waals surface area contributed by atoms with Crippen molar-refractivity contribution in [3.8, 4) is 5.75 Å². The van der Waals surface area contributed by atoms with Gasteiger partial charge in [-0.05, 0) is 49.0 Å². The van der Waals surface area contributed by atoms with Gasteiger partial charge in [-0.2, -0.15) is 0 Å². The molecule has 1 aliphatic heterocycles. The Balaban J connectivity index is 1.73. The van der Waals surface area contributed by atoms with Crippen molar-refractivity contribution in [2.45, 2.75) is 19.3 Å². The predicted octanol–water partition coefficient (Wildman–Crippen LogP) is 4.05. The normalized spacial score (nSPS) is 15.5. The van der Waals surface area contributed by atoms with E-state index in [1.807, 2.05) is 12.1 Å². The number of ether oxygens (including phenoxy) is 1. The molecule has 0 N–H and O–H groups in total. The molecule has 112 valence electrons. The monoisotopic (exact) mass is 321 g/mol. The van der Waals surface area contributed by atoms with Crippen molar-refractivity contribution in [2.75, 3.05) is 26.7 Å². The highest BCUT2D eigenvalue weighted by molar-refractivity contribution is 7.09. The lowest BCUT2D eigenvalue weighted by molar-refractivity contribution is 0.316. The van der Waals surface area contributed by atoms with Crippen LogP contribution >= 0.6 is 22.9 Å². The molecule has 1 aliphatic rings. The third kappa shape index (κ3) is 3.60. The molecule has 0 aliphatic carbocycles. The minimum absolute atomic E-state index is 0.727. The molecule has 2 aromatic rings. The maximum Gasteiger partial charge on any atom is 0.122 e. The number of hydrogen-bond donors (Lipinski definition) is 0. The number of halogens is 1. The van der Waals surface area contributed by atoms with Crippen LogP contribution in [-0.4, -0.2) is 31.6 Å². The summed E-state index contributed by atoms with van der Waals surface area (Å²) in [6, 6.07) is 8.25. The van der Waals surface area contributed by atoms with E-state index in [9.17, 15) is 0 Å². The summed E-state index contributed by atoms with van der Waals surface area (Å²) in [7, 11) is 2.16. The molecule has 1 aromatic heterocycles. The maximum atomic E-state index is 6.38. The summed E-state index contributed by atoms with van der Waals surface area (Å²) in [5.41, 5.74) is 2.58. The summed E-state index contributed by atoms with van der Waals surface area (Å²) < 4.78 is 6.05. The van der Waals surface area contributed by atoms with Gasteiger partial charge in [-0.3, -0.25) is 0 Å². The molecule has 0 radical (unpaired) electrons. The first-order valence-electron chi connectivity index (χ1n) is 7.38. The standard InChI is InChI=1S/C17H20ClNOS/c1-19-9-6-14-15(7-10-19)17(5-4-16(14)18)20-11-8-13-3-2-12-21-13/h2-5,12H,6-11H2,1H3. The Bertz CT molecular complexity index is 597. The van der Waals surface area contributed by atoms with Crippen molar-refractivity contribution < 1.29 is 4.74 Å². The van der Waals surface area contributed by atoms with Crippen LogP contribution in [0.3, 0.4) is 0 Å². The highest BCUT2D eigenvalue weighted by Gasteiger charge is 2.18. The fourth-order valence-corrected chi connectivity index (χ4v) is 3.72. The van der Waals surface area contributed by atoms with Crippen molar-refractivity contribution in [2.24, 2.45) is 0 Å². The van der Waals surface area contributed by atoms with Crippen LogP contribution in [0.1, 0.15) is 16.0 Å². The number of fused-ring (bicyclic) bond motifs is 1. The van der Waals surface area contributed by atoms with E-state index in [1.54, 1.807) is 11.3 Å². The van der Waals surface area contributed by atoms with Gasteiger partial charge in [-0.1, -0.05) is 17.7 Å². The minimum Gasteiger partial charge on any atom is -0.493 e. The third-order valence-electron chi connectivity index (χ3n) is 4.00. The van der Waals surface area contributed by atoms with Crippen LogP contribution in [0.4, 0.5) is 0 Å². The molecule has 0 bridgehead atoms.